The molecule has 0 spiro atoms. The Balaban J connectivity index is 1.51. The first-order valence-electron chi connectivity index (χ1n) is 8.73. The van der Waals surface area contributed by atoms with Crippen molar-refractivity contribution in [1.82, 2.24) is 4.90 Å². The summed E-state index contributed by atoms with van der Waals surface area (Å²) in [5, 5.41) is 0. The highest BCUT2D eigenvalue weighted by molar-refractivity contribution is 5.93. The number of hydrogen-bond acceptors (Lipinski definition) is 4. The highest BCUT2D eigenvalue weighted by Crippen LogP contribution is 2.27. The van der Waals surface area contributed by atoms with E-state index in [1.54, 1.807) is 12.1 Å². The maximum absolute atomic E-state index is 12.5. The zero-order chi connectivity index (χ0) is 17.1. The second-order valence-electron chi connectivity index (χ2n) is 6.84. The monoisotopic (exact) mass is 330 g/mol. The van der Waals surface area contributed by atoms with Crippen LogP contribution in [0.25, 0.3) is 0 Å². The highest BCUT2D eigenvalue weighted by atomic mass is 16.2. The number of hydrogen-bond donors (Lipinski definition) is 2. The average molecular weight is 330 g/mol. The summed E-state index contributed by atoms with van der Waals surface area (Å²) >= 11 is 0. The van der Waals surface area contributed by atoms with E-state index in [0.717, 1.165) is 51.1 Å². The van der Waals surface area contributed by atoms with Gasteiger partial charge in [-0.25, -0.2) is 0 Å². The Morgan fingerprint density at radius 3 is 2.25 bits per heavy atom. The van der Waals surface area contributed by atoms with E-state index in [4.69, 9.17) is 11.5 Å². The first-order chi connectivity index (χ1) is 11.5. The molecule has 130 valence electrons. The number of anilines is 1. The summed E-state index contributed by atoms with van der Waals surface area (Å²) in [5.74, 6) is 0.181. The van der Waals surface area contributed by atoms with Crippen LogP contribution in [0.4, 0.5) is 5.69 Å². The van der Waals surface area contributed by atoms with Crippen LogP contribution in [0.5, 0.6) is 0 Å². The molecule has 0 bridgehead atoms. The molecule has 1 saturated carbocycles. The molecule has 1 saturated heterocycles. The van der Waals surface area contributed by atoms with E-state index in [9.17, 15) is 9.59 Å². The van der Waals surface area contributed by atoms with Gasteiger partial charge in [0.05, 0.1) is 0 Å². The minimum atomic E-state index is -0.415. The Hall–Kier alpha value is -2.08. The van der Waals surface area contributed by atoms with Crippen LogP contribution >= 0.6 is 0 Å². The van der Waals surface area contributed by atoms with E-state index in [2.05, 4.69) is 4.90 Å². The second-order valence-corrected chi connectivity index (χ2v) is 6.84. The van der Waals surface area contributed by atoms with Gasteiger partial charge in [-0.15, -0.1) is 0 Å². The van der Waals surface area contributed by atoms with Crippen LogP contribution in [0.3, 0.4) is 0 Å². The molecule has 0 radical (unpaired) electrons. The number of piperazine rings is 1. The Morgan fingerprint density at radius 1 is 1.04 bits per heavy atom. The van der Waals surface area contributed by atoms with Crippen molar-refractivity contribution >= 4 is 17.5 Å². The Bertz CT molecular complexity index is 594. The minimum absolute atomic E-state index is 0.194. The maximum Gasteiger partial charge on any atom is 0.248 e. The number of nitrogens with zero attached hydrogens (tertiary/aromatic N) is 2. The summed E-state index contributed by atoms with van der Waals surface area (Å²) in [5.41, 5.74) is 12.9. The van der Waals surface area contributed by atoms with Crippen molar-refractivity contribution in [3.63, 3.8) is 0 Å². The summed E-state index contributed by atoms with van der Waals surface area (Å²) in [6.07, 6.45) is 3.87. The Kier molecular flexibility index (Phi) is 5.04. The fourth-order valence-corrected chi connectivity index (χ4v) is 3.72. The third kappa shape index (κ3) is 3.70. The van der Waals surface area contributed by atoms with Gasteiger partial charge in [-0.05, 0) is 43.0 Å². The topological polar surface area (TPSA) is 92.7 Å². The molecule has 1 aliphatic carbocycles. The lowest BCUT2D eigenvalue weighted by atomic mass is 9.99. The lowest BCUT2D eigenvalue weighted by molar-refractivity contribution is -0.132. The van der Waals surface area contributed by atoms with Crippen molar-refractivity contribution in [2.45, 2.75) is 31.7 Å². The van der Waals surface area contributed by atoms with Gasteiger partial charge < -0.3 is 21.3 Å². The molecule has 1 aromatic rings. The summed E-state index contributed by atoms with van der Waals surface area (Å²) in [6.45, 7) is 3.08. The van der Waals surface area contributed by atoms with Gasteiger partial charge in [-0.1, -0.05) is 6.42 Å². The van der Waals surface area contributed by atoms with Gasteiger partial charge in [0.25, 0.3) is 0 Å². The lowest BCUT2D eigenvalue weighted by Crippen LogP contribution is -2.49. The molecule has 0 unspecified atom stereocenters. The fourth-order valence-electron chi connectivity index (χ4n) is 3.72. The van der Waals surface area contributed by atoms with Crippen molar-refractivity contribution in [1.29, 1.82) is 0 Å². The Labute approximate surface area is 142 Å². The zero-order valence-electron chi connectivity index (χ0n) is 14.0. The molecule has 1 aromatic carbocycles. The SMILES string of the molecule is NC(=O)c1ccc(N2CCN(C(=O)C[C@@H]3CCC[C@H]3N)CC2)cc1. The first-order valence-corrected chi connectivity index (χ1v) is 8.73. The van der Waals surface area contributed by atoms with Gasteiger partial charge in [0.2, 0.25) is 11.8 Å². The van der Waals surface area contributed by atoms with Gasteiger partial charge in [0.15, 0.2) is 0 Å². The number of rotatable bonds is 4. The highest BCUT2D eigenvalue weighted by Gasteiger charge is 2.29. The van der Waals surface area contributed by atoms with Crippen molar-refractivity contribution in [2.24, 2.45) is 17.4 Å². The molecule has 4 N–H and O–H groups in total. The fraction of sp³-hybridized carbons (Fsp3) is 0.556. The molecular formula is C18H26N4O2. The van der Waals surface area contributed by atoms with Gasteiger partial charge >= 0.3 is 0 Å². The molecule has 6 heteroatoms. The van der Waals surface area contributed by atoms with Gasteiger partial charge in [0.1, 0.15) is 0 Å². The predicted octanol–water partition coefficient (Wildman–Crippen LogP) is 0.952. The normalized spacial score (nSPS) is 24.2. The summed E-state index contributed by atoms with van der Waals surface area (Å²) < 4.78 is 0. The third-order valence-corrected chi connectivity index (χ3v) is 5.30. The number of carbonyl (C=O) groups is 2. The molecular weight excluding hydrogens is 304 g/mol. The van der Waals surface area contributed by atoms with Gasteiger partial charge in [-0.2, -0.15) is 0 Å². The summed E-state index contributed by atoms with van der Waals surface area (Å²) in [6, 6.07) is 7.51. The van der Waals surface area contributed by atoms with E-state index in [1.807, 2.05) is 17.0 Å². The van der Waals surface area contributed by atoms with Crippen LogP contribution in [-0.2, 0) is 4.79 Å². The van der Waals surface area contributed by atoms with Crippen molar-refractivity contribution in [3.8, 4) is 0 Å². The standard InChI is InChI=1S/C18H26N4O2/c19-16-3-1-2-14(16)12-17(23)22-10-8-21(9-11-22)15-6-4-13(5-7-15)18(20)24/h4-7,14,16H,1-3,8-12,19H2,(H2,20,24)/t14-,16+/m0/s1. The Morgan fingerprint density at radius 2 is 1.71 bits per heavy atom. The smallest absolute Gasteiger partial charge is 0.248 e. The molecule has 6 nitrogen and oxygen atoms in total. The van der Waals surface area contributed by atoms with Crippen LogP contribution in [0.1, 0.15) is 36.0 Å². The van der Waals surface area contributed by atoms with Crippen LogP contribution in [0.15, 0.2) is 24.3 Å². The summed E-state index contributed by atoms with van der Waals surface area (Å²) in [4.78, 5) is 27.8. The molecule has 1 heterocycles. The van der Waals surface area contributed by atoms with E-state index in [1.165, 1.54) is 0 Å². The molecule has 0 aromatic heterocycles. The molecule has 3 rings (SSSR count). The van der Waals surface area contributed by atoms with Crippen LogP contribution < -0.4 is 16.4 Å². The largest absolute Gasteiger partial charge is 0.368 e. The van der Waals surface area contributed by atoms with Crippen molar-refractivity contribution in [2.75, 3.05) is 31.1 Å². The quantitative estimate of drug-likeness (QED) is 0.860. The first kappa shape index (κ1) is 16.8. The molecule has 2 fully saturated rings. The van der Waals surface area contributed by atoms with Gasteiger partial charge in [-0.3, -0.25) is 9.59 Å². The lowest BCUT2D eigenvalue weighted by Gasteiger charge is -2.36. The molecule has 2 aliphatic rings. The van der Waals surface area contributed by atoms with E-state index < -0.39 is 5.91 Å². The number of benzene rings is 1. The van der Waals surface area contributed by atoms with Crippen LogP contribution in [-0.4, -0.2) is 48.9 Å². The average Bonchev–Trinajstić information content (AvgIpc) is 3.00. The molecule has 1 aliphatic heterocycles. The number of amides is 2. The second kappa shape index (κ2) is 7.21. The zero-order valence-corrected chi connectivity index (χ0v) is 14.0. The van der Waals surface area contributed by atoms with E-state index in [0.29, 0.717) is 17.9 Å². The van der Waals surface area contributed by atoms with Crippen LogP contribution in [0.2, 0.25) is 0 Å². The van der Waals surface area contributed by atoms with E-state index in [-0.39, 0.29) is 11.9 Å². The number of carbonyl (C=O) groups excluding carboxylic acids is 2. The van der Waals surface area contributed by atoms with Crippen molar-refractivity contribution < 1.29 is 9.59 Å². The number of primary amides is 1. The van der Waals surface area contributed by atoms with Crippen LogP contribution in [0, 0.1) is 5.92 Å². The van der Waals surface area contributed by atoms with Gasteiger partial charge in [0, 0.05) is 49.9 Å². The maximum atomic E-state index is 12.5. The summed E-state index contributed by atoms with van der Waals surface area (Å²) in [7, 11) is 0. The minimum Gasteiger partial charge on any atom is -0.368 e. The third-order valence-electron chi connectivity index (χ3n) is 5.30. The van der Waals surface area contributed by atoms with Crippen molar-refractivity contribution in [3.05, 3.63) is 29.8 Å². The molecule has 24 heavy (non-hydrogen) atoms. The molecule has 2 amide bonds. The molecule has 2 atom stereocenters. The number of nitrogens with two attached hydrogens (primary N) is 2. The predicted molar refractivity (Wildman–Crippen MR) is 93.7 cm³/mol. The van der Waals surface area contributed by atoms with E-state index >= 15 is 0 Å².